The summed E-state index contributed by atoms with van der Waals surface area (Å²) in [6.07, 6.45) is -0.142. The lowest BCUT2D eigenvalue weighted by atomic mass is 9.79. The van der Waals surface area contributed by atoms with Crippen molar-refractivity contribution in [1.82, 2.24) is 15.2 Å². The fraction of sp³-hybridized carbons (Fsp3) is 0.364. The van der Waals surface area contributed by atoms with Gasteiger partial charge < -0.3 is 20.4 Å². The van der Waals surface area contributed by atoms with Gasteiger partial charge >= 0.3 is 5.97 Å². The number of thiazole rings is 1. The summed E-state index contributed by atoms with van der Waals surface area (Å²) in [7, 11) is 0. The number of hydrogen-bond acceptors (Lipinski definition) is 7. The van der Waals surface area contributed by atoms with Crippen molar-refractivity contribution in [1.29, 1.82) is 0 Å². The number of aromatic nitrogens is 1. The Bertz CT molecular complexity index is 1080. The predicted octanol–water partition coefficient (Wildman–Crippen LogP) is 2.36. The molecular formula is C22H23N3O5S2. The molecule has 10 heteroatoms. The molecule has 0 unspecified atom stereocenters. The van der Waals surface area contributed by atoms with Gasteiger partial charge in [-0.3, -0.25) is 9.59 Å². The number of carboxylic acids is 1. The smallest absolute Gasteiger partial charge is 0.353 e. The predicted molar refractivity (Wildman–Crippen MR) is 120 cm³/mol. The molecule has 0 aliphatic carbocycles. The van der Waals surface area contributed by atoms with E-state index in [-0.39, 0.29) is 35.2 Å². The first-order valence-corrected chi connectivity index (χ1v) is 11.9. The molecule has 1 saturated heterocycles. The zero-order valence-corrected chi connectivity index (χ0v) is 19.2. The van der Waals surface area contributed by atoms with Gasteiger partial charge in [0.05, 0.1) is 18.1 Å². The summed E-state index contributed by atoms with van der Waals surface area (Å²) in [6.45, 7) is 3.87. The molecule has 0 radical (unpaired) electrons. The minimum absolute atomic E-state index is 0.0570. The minimum atomic E-state index is -1.19. The third-order valence-corrected chi connectivity index (χ3v) is 7.99. The van der Waals surface area contributed by atoms with Gasteiger partial charge in [0.25, 0.3) is 5.91 Å². The zero-order chi connectivity index (χ0) is 23.0. The number of carbonyl (C=O) groups is 3. The number of nitrogens with one attached hydrogen (secondary N) is 1. The molecule has 1 aromatic carbocycles. The Morgan fingerprint density at radius 1 is 1.31 bits per heavy atom. The van der Waals surface area contributed by atoms with Crippen LogP contribution in [0.15, 0.2) is 50.7 Å². The molecule has 0 saturated carbocycles. The van der Waals surface area contributed by atoms with Gasteiger partial charge in [-0.1, -0.05) is 49.0 Å². The fourth-order valence-electron chi connectivity index (χ4n) is 4.21. The summed E-state index contributed by atoms with van der Waals surface area (Å²) >= 11 is 2.42. The average Bonchev–Trinajstić information content (AvgIpc) is 3.31. The molecule has 2 aromatic rings. The maximum Gasteiger partial charge on any atom is 0.353 e. The number of carboxylic acid groups (broad SMARTS) is 1. The Kier molecular flexibility index (Phi) is 6.36. The van der Waals surface area contributed by atoms with Gasteiger partial charge in [-0.15, -0.1) is 11.3 Å². The summed E-state index contributed by atoms with van der Waals surface area (Å²) in [6, 6.07) is 9.45. The van der Waals surface area contributed by atoms with Crippen molar-refractivity contribution in [2.24, 2.45) is 11.8 Å². The van der Waals surface area contributed by atoms with Crippen LogP contribution in [0.5, 0.6) is 0 Å². The second kappa shape index (κ2) is 9.05. The van der Waals surface area contributed by atoms with E-state index in [0.717, 1.165) is 5.56 Å². The fourth-order valence-corrected chi connectivity index (χ4v) is 6.28. The number of aliphatic hydroxyl groups excluding tert-OH is 1. The van der Waals surface area contributed by atoms with E-state index in [2.05, 4.69) is 10.3 Å². The molecule has 3 N–H and O–H groups in total. The van der Waals surface area contributed by atoms with E-state index in [1.165, 1.54) is 28.0 Å². The molecule has 0 bridgehead atoms. The van der Waals surface area contributed by atoms with E-state index in [4.69, 9.17) is 0 Å². The number of aliphatic carboxylic acids is 1. The third-order valence-electron chi connectivity index (χ3n) is 5.77. The van der Waals surface area contributed by atoms with Crippen molar-refractivity contribution in [3.8, 4) is 0 Å². The van der Waals surface area contributed by atoms with Gasteiger partial charge in [0.15, 0.2) is 4.34 Å². The summed E-state index contributed by atoms with van der Waals surface area (Å²) in [5.41, 5.74) is 1.34. The lowest BCUT2D eigenvalue weighted by Gasteiger charge is -2.46. The van der Waals surface area contributed by atoms with Crippen molar-refractivity contribution in [2.45, 2.75) is 36.8 Å². The second-order valence-electron chi connectivity index (χ2n) is 7.86. The number of carbonyl (C=O) groups excluding carboxylic acids is 2. The van der Waals surface area contributed by atoms with Crippen LogP contribution < -0.4 is 5.32 Å². The number of fused-ring (bicyclic) bond motifs is 1. The SMILES string of the molecule is C[C@@H](O)[C@H]1C(=O)N2C(C(=O)O)=C(Sc3nc(C(=O)NCCc4ccccc4)cs3)[C@H](C)[C@H]12. The number of aliphatic hydroxyl groups is 1. The van der Waals surface area contributed by atoms with Crippen LogP contribution in [0.4, 0.5) is 0 Å². The Morgan fingerprint density at radius 3 is 2.69 bits per heavy atom. The lowest BCUT2D eigenvalue weighted by molar-refractivity contribution is -0.163. The molecule has 1 aromatic heterocycles. The topological polar surface area (TPSA) is 120 Å². The van der Waals surface area contributed by atoms with Crippen LogP contribution in [-0.2, 0) is 16.0 Å². The maximum absolute atomic E-state index is 12.4. The Hall–Kier alpha value is -2.69. The highest BCUT2D eigenvalue weighted by Gasteiger charge is 2.60. The van der Waals surface area contributed by atoms with Gasteiger partial charge in [-0.25, -0.2) is 9.78 Å². The maximum atomic E-state index is 12.4. The van der Waals surface area contributed by atoms with Gasteiger partial charge in [0.1, 0.15) is 11.4 Å². The van der Waals surface area contributed by atoms with Crippen molar-refractivity contribution >= 4 is 40.9 Å². The van der Waals surface area contributed by atoms with Crippen LogP contribution >= 0.6 is 23.1 Å². The monoisotopic (exact) mass is 473 g/mol. The number of rotatable bonds is 8. The minimum Gasteiger partial charge on any atom is -0.477 e. The van der Waals surface area contributed by atoms with Crippen molar-refractivity contribution < 1.29 is 24.6 Å². The molecule has 4 atom stereocenters. The highest BCUT2D eigenvalue weighted by Crippen LogP contribution is 2.52. The van der Waals surface area contributed by atoms with Crippen LogP contribution in [0.1, 0.15) is 29.9 Å². The van der Waals surface area contributed by atoms with Gasteiger partial charge in [0.2, 0.25) is 5.91 Å². The molecular weight excluding hydrogens is 450 g/mol. The van der Waals surface area contributed by atoms with Crippen molar-refractivity contribution in [3.63, 3.8) is 0 Å². The molecule has 2 aliphatic heterocycles. The van der Waals surface area contributed by atoms with Crippen LogP contribution in [0.3, 0.4) is 0 Å². The van der Waals surface area contributed by atoms with E-state index < -0.39 is 18.0 Å². The number of nitrogens with zero attached hydrogens (tertiary/aromatic N) is 2. The average molecular weight is 474 g/mol. The molecule has 3 heterocycles. The summed E-state index contributed by atoms with van der Waals surface area (Å²) in [5.74, 6) is -2.71. The number of hydrogen-bond donors (Lipinski definition) is 3. The Morgan fingerprint density at radius 2 is 2.03 bits per heavy atom. The highest BCUT2D eigenvalue weighted by molar-refractivity contribution is 8.04. The first-order valence-electron chi connectivity index (χ1n) is 10.2. The third kappa shape index (κ3) is 4.05. The van der Waals surface area contributed by atoms with Gasteiger partial charge in [-0.2, -0.15) is 0 Å². The van der Waals surface area contributed by atoms with Crippen molar-refractivity contribution in [2.75, 3.05) is 6.54 Å². The number of benzene rings is 1. The Labute approximate surface area is 193 Å². The van der Waals surface area contributed by atoms with Crippen LogP contribution in [0.25, 0.3) is 0 Å². The molecule has 2 aliphatic rings. The van der Waals surface area contributed by atoms with E-state index in [1.54, 1.807) is 12.3 Å². The zero-order valence-electron chi connectivity index (χ0n) is 17.5. The van der Waals surface area contributed by atoms with E-state index in [1.807, 2.05) is 37.3 Å². The van der Waals surface area contributed by atoms with E-state index in [9.17, 15) is 24.6 Å². The van der Waals surface area contributed by atoms with Gasteiger partial charge in [-0.05, 0) is 18.9 Å². The standard InChI is InChI=1S/C22H23N3O5S2/c1-11-16-15(12(2)26)20(28)25(16)17(21(29)30)18(11)32-22-24-14(10-31-22)19(27)23-9-8-13-6-4-3-5-7-13/h3-7,10-12,15-16,26H,8-9H2,1-2H3,(H,23,27)(H,29,30)/t11-,12-,15-,16-/m1/s1. The summed E-state index contributed by atoms with van der Waals surface area (Å²) in [5, 5.41) is 24.1. The quantitative estimate of drug-likeness (QED) is 0.504. The second-order valence-corrected chi connectivity index (χ2v) is 10.0. The summed E-state index contributed by atoms with van der Waals surface area (Å²) < 4.78 is 0.530. The largest absolute Gasteiger partial charge is 0.477 e. The number of β-lactam (4-membered cyclic amide) rings is 1. The van der Waals surface area contributed by atoms with Crippen LogP contribution in [0.2, 0.25) is 0 Å². The molecule has 4 rings (SSSR count). The number of thioether (sulfide) groups is 1. The van der Waals surface area contributed by atoms with E-state index >= 15 is 0 Å². The summed E-state index contributed by atoms with van der Waals surface area (Å²) in [4.78, 5) is 42.9. The molecule has 32 heavy (non-hydrogen) atoms. The molecule has 2 amide bonds. The molecule has 1 fully saturated rings. The molecule has 168 valence electrons. The normalized spacial score (nSPS) is 23.0. The van der Waals surface area contributed by atoms with E-state index in [0.29, 0.717) is 22.2 Å². The van der Waals surface area contributed by atoms with Crippen LogP contribution in [0, 0.1) is 11.8 Å². The Balaban J connectivity index is 1.44. The molecule has 0 spiro atoms. The first kappa shape index (κ1) is 22.5. The lowest BCUT2D eigenvalue weighted by Crippen LogP contribution is -2.63. The number of amides is 2. The first-order chi connectivity index (χ1) is 15.3. The molecule has 8 nitrogen and oxygen atoms in total. The van der Waals surface area contributed by atoms with Crippen LogP contribution in [-0.4, -0.2) is 56.6 Å². The van der Waals surface area contributed by atoms with Crippen molar-refractivity contribution in [3.05, 3.63) is 57.6 Å². The van der Waals surface area contributed by atoms with Gasteiger partial charge in [0, 0.05) is 22.7 Å². The highest BCUT2D eigenvalue weighted by atomic mass is 32.2.